The fourth-order valence-corrected chi connectivity index (χ4v) is 7.72. The lowest BCUT2D eigenvalue weighted by Crippen LogP contribution is -2.54. The number of nitrogens with zero attached hydrogens (tertiary/aromatic N) is 2. The van der Waals surface area contributed by atoms with Crippen LogP contribution in [-0.4, -0.2) is 138 Å². The molecule has 2 aliphatic rings. The molecule has 4 rings (SSSR count). The lowest BCUT2D eigenvalue weighted by Gasteiger charge is -2.26. The molecule has 0 radical (unpaired) electrons. The van der Waals surface area contributed by atoms with Crippen molar-refractivity contribution in [2.45, 2.75) is 109 Å². The largest absolute Gasteiger partial charge is 0.379 e. The molecule has 9 N–H and O–H groups in total. The monoisotopic (exact) mass is 988 g/mol. The molecule has 1 aliphatic heterocycles. The van der Waals surface area contributed by atoms with Gasteiger partial charge in [-0.15, -0.1) is 0 Å². The van der Waals surface area contributed by atoms with E-state index in [4.69, 9.17) is 40.7 Å². The molecule has 20 nitrogen and oxygen atoms in total. The molecule has 3 atom stereocenters. The Balaban J connectivity index is 1.01. The number of rotatable bonds is 31. The number of benzene rings is 2. The topological polar surface area (TPSA) is 288 Å². The van der Waals surface area contributed by atoms with Gasteiger partial charge in [0, 0.05) is 43.5 Å². The maximum Gasteiger partial charge on any atom is 0.246 e. The highest BCUT2D eigenvalue weighted by Crippen LogP contribution is 2.26. The third kappa shape index (κ3) is 21.3. The highest BCUT2D eigenvalue weighted by molar-refractivity contribution is 6.42. The molecule has 2 aromatic rings. The van der Waals surface area contributed by atoms with Crippen LogP contribution in [-0.2, 0) is 59.0 Å². The second-order valence-electron chi connectivity index (χ2n) is 17.4. The zero-order chi connectivity index (χ0) is 51.2. The lowest BCUT2D eigenvalue weighted by atomic mass is 9.95. The van der Waals surface area contributed by atoms with E-state index < -0.39 is 35.9 Å². The van der Waals surface area contributed by atoms with Crippen molar-refractivity contribution in [3.8, 4) is 11.8 Å². The predicted octanol–water partition coefficient (Wildman–Crippen LogP) is 2.37. The van der Waals surface area contributed by atoms with E-state index in [-0.39, 0.29) is 82.4 Å². The number of unbranched alkanes of at least 4 members (excludes halogenated alkanes) is 1. The van der Waals surface area contributed by atoms with E-state index in [2.05, 4.69) is 38.2 Å². The number of nitrogens with one attached hydrogen (secondary N) is 5. The molecule has 0 spiro atoms. The normalized spacial score (nSPS) is 15.9. The summed E-state index contributed by atoms with van der Waals surface area (Å²) in [4.78, 5) is 78.2. The van der Waals surface area contributed by atoms with Gasteiger partial charge >= 0.3 is 0 Å². The van der Waals surface area contributed by atoms with Gasteiger partial charge in [-0.05, 0) is 68.2 Å². The molecular weight excluding hydrogens is 915 g/mol. The van der Waals surface area contributed by atoms with Crippen LogP contribution in [0, 0.1) is 23.2 Å². The summed E-state index contributed by atoms with van der Waals surface area (Å²) in [5, 5.41) is 22.9. The van der Waals surface area contributed by atoms with Crippen LogP contribution in [0.2, 0.25) is 0 Å². The number of carbonyl (C=O) groups excluding carboxylic acids is 6. The third-order valence-electron chi connectivity index (χ3n) is 11.6. The summed E-state index contributed by atoms with van der Waals surface area (Å²) in [6, 6.07) is 13.4. The van der Waals surface area contributed by atoms with Crippen LogP contribution in [0.4, 0.5) is 5.69 Å². The molecular formula is C51H73N9O11. The Bertz CT molecular complexity index is 2160. The van der Waals surface area contributed by atoms with Gasteiger partial charge in [0.2, 0.25) is 35.4 Å². The highest BCUT2D eigenvalue weighted by Gasteiger charge is 2.28. The zero-order valence-corrected chi connectivity index (χ0v) is 41.2. The number of carbonyl (C=O) groups is 6. The lowest BCUT2D eigenvalue weighted by molar-refractivity contribution is -0.132. The summed E-state index contributed by atoms with van der Waals surface area (Å²) in [6.45, 7) is 6.41. The molecule has 1 saturated carbocycles. The average Bonchev–Trinajstić information content (AvgIpc) is 3.34. The molecule has 1 fully saturated rings. The van der Waals surface area contributed by atoms with E-state index in [0.29, 0.717) is 83.2 Å². The molecule has 388 valence electrons. The third-order valence-corrected chi connectivity index (χ3v) is 11.6. The molecule has 1 heterocycles. The van der Waals surface area contributed by atoms with Gasteiger partial charge in [0.1, 0.15) is 30.5 Å². The second kappa shape index (κ2) is 32.6. The Morgan fingerprint density at radius 1 is 0.746 bits per heavy atom. The van der Waals surface area contributed by atoms with Crippen molar-refractivity contribution in [2.75, 3.05) is 77.5 Å². The molecule has 0 aromatic heterocycles. The van der Waals surface area contributed by atoms with E-state index >= 15 is 0 Å². The number of fused-ring (bicyclic) bond motifs is 2. The average molecular weight is 988 g/mol. The van der Waals surface area contributed by atoms with Crippen molar-refractivity contribution < 1.29 is 52.5 Å². The summed E-state index contributed by atoms with van der Waals surface area (Å²) >= 11 is 0. The van der Waals surface area contributed by atoms with Crippen molar-refractivity contribution in [1.82, 2.24) is 21.3 Å². The first-order valence-electron chi connectivity index (χ1n) is 24.6. The van der Waals surface area contributed by atoms with Crippen molar-refractivity contribution >= 4 is 52.6 Å². The number of nitrogens with two attached hydrogens (primary N) is 2. The van der Waals surface area contributed by atoms with Crippen LogP contribution >= 0.6 is 0 Å². The van der Waals surface area contributed by atoms with Crippen molar-refractivity contribution in [3.63, 3.8) is 0 Å². The number of primary amides is 1. The smallest absolute Gasteiger partial charge is 0.246 e. The molecule has 0 saturated heterocycles. The van der Waals surface area contributed by atoms with Gasteiger partial charge in [0.05, 0.1) is 70.8 Å². The first kappa shape index (κ1) is 57.3. The molecule has 2 aromatic carbocycles. The Morgan fingerprint density at radius 2 is 1.39 bits per heavy atom. The van der Waals surface area contributed by atoms with E-state index in [1.165, 1.54) is 0 Å². The van der Waals surface area contributed by atoms with Crippen LogP contribution in [0.1, 0.15) is 101 Å². The SMILES string of the molecule is CC(C)[C@H](NC(=O)[C@@H](CCCCNC(=O)COC1CCCCCC(=N)C1=NN)NC(=O)CCOCCOCCOCCOCCNC(=O)CCC(=O)N1Cc2ccccc2C#Cc2ccccc21)C(N)=O. The summed E-state index contributed by atoms with van der Waals surface area (Å²) in [5.41, 5.74) is 9.52. The number of hydrogen-bond acceptors (Lipinski definition) is 14. The number of para-hydroxylation sites is 1. The minimum atomic E-state index is -0.954. The Hall–Kier alpha value is -6.24. The quantitative estimate of drug-likeness (QED) is 0.0248. The van der Waals surface area contributed by atoms with Crippen LogP contribution < -0.4 is 37.7 Å². The summed E-state index contributed by atoms with van der Waals surface area (Å²) in [6.07, 6.45) is 4.68. The van der Waals surface area contributed by atoms with E-state index in [0.717, 1.165) is 41.6 Å². The molecule has 6 amide bonds. The van der Waals surface area contributed by atoms with Gasteiger partial charge in [-0.1, -0.05) is 68.9 Å². The molecule has 0 bridgehead atoms. The fourth-order valence-electron chi connectivity index (χ4n) is 7.72. The predicted molar refractivity (Wildman–Crippen MR) is 267 cm³/mol. The summed E-state index contributed by atoms with van der Waals surface area (Å²) in [5.74, 6) is 9.25. The number of anilines is 1. The van der Waals surface area contributed by atoms with Gasteiger partial charge in [-0.25, -0.2) is 0 Å². The fraction of sp³-hybridized carbons (Fsp3) is 0.569. The first-order chi connectivity index (χ1) is 34.4. The minimum absolute atomic E-state index is 0.0207. The van der Waals surface area contributed by atoms with Crippen LogP contribution in [0.3, 0.4) is 0 Å². The molecule has 20 heteroatoms. The number of hydrazone groups is 1. The Kier molecular flexibility index (Phi) is 26.3. The van der Waals surface area contributed by atoms with Gasteiger partial charge in [0.25, 0.3) is 0 Å². The number of ether oxygens (including phenoxy) is 5. The summed E-state index contributed by atoms with van der Waals surface area (Å²) < 4.78 is 28.0. The highest BCUT2D eigenvalue weighted by atomic mass is 16.6. The number of hydrogen-bond donors (Lipinski definition) is 7. The van der Waals surface area contributed by atoms with E-state index in [1.807, 2.05) is 48.5 Å². The summed E-state index contributed by atoms with van der Waals surface area (Å²) in [7, 11) is 0. The zero-order valence-electron chi connectivity index (χ0n) is 41.2. The van der Waals surface area contributed by atoms with Gasteiger partial charge in [-0.3, -0.25) is 28.8 Å². The number of amides is 6. The van der Waals surface area contributed by atoms with Crippen molar-refractivity contribution in [1.29, 1.82) is 5.41 Å². The van der Waals surface area contributed by atoms with Crippen LogP contribution in [0.15, 0.2) is 53.6 Å². The van der Waals surface area contributed by atoms with E-state index in [1.54, 1.807) is 18.7 Å². The molecule has 1 unspecified atom stereocenters. The second-order valence-corrected chi connectivity index (χ2v) is 17.4. The van der Waals surface area contributed by atoms with Gasteiger partial charge in [0.15, 0.2) is 0 Å². The van der Waals surface area contributed by atoms with Gasteiger partial charge < -0.3 is 66.8 Å². The van der Waals surface area contributed by atoms with Crippen LogP contribution in [0.5, 0.6) is 0 Å². The maximum atomic E-state index is 13.4. The van der Waals surface area contributed by atoms with Crippen molar-refractivity contribution in [2.24, 2.45) is 22.6 Å². The van der Waals surface area contributed by atoms with Crippen LogP contribution in [0.25, 0.3) is 0 Å². The Morgan fingerprint density at radius 3 is 2.10 bits per heavy atom. The van der Waals surface area contributed by atoms with E-state index in [9.17, 15) is 28.8 Å². The first-order valence-corrected chi connectivity index (χ1v) is 24.6. The van der Waals surface area contributed by atoms with Gasteiger partial charge in [-0.2, -0.15) is 5.10 Å². The standard InChI is InChI=1S/C51H73N9O11/c1-36(2)48(50(53)65)58-51(66)41(16-10-11-24-55-46(63)35-71-43-18-5-3-4-15-40(52)49(43)59-54)57-45(62)23-26-67-28-30-69-32-33-70-31-29-68-27-25-56-44(61)21-22-47(64)60-34-39-14-7-6-12-37(39)19-20-38-13-8-9-17-42(38)60/h6-9,12-14,17,36,41,43,48,52H,3-5,10-11,15-16,18,21-35,54H2,1-2H3,(H2,53,65)(H,55,63)(H,56,61)(H,57,62)(H,58,66)/t41-,43?,48+/m1/s1. The molecule has 71 heavy (non-hydrogen) atoms. The van der Waals surface area contributed by atoms with Crippen molar-refractivity contribution in [3.05, 3.63) is 65.2 Å². The maximum absolute atomic E-state index is 13.4. The minimum Gasteiger partial charge on any atom is -0.379 e. The molecule has 1 aliphatic carbocycles. The Labute approximate surface area is 416 Å².